The van der Waals surface area contributed by atoms with Crippen LogP contribution in [0.25, 0.3) is 20.8 Å². The van der Waals surface area contributed by atoms with Gasteiger partial charge in [0.15, 0.2) is 0 Å². The van der Waals surface area contributed by atoms with Crippen molar-refractivity contribution in [2.75, 3.05) is 0 Å². The fourth-order valence-electron chi connectivity index (χ4n) is 2.55. The predicted octanol–water partition coefficient (Wildman–Crippen LogP) is 3.32. The molecular weight excluding hydrogens is 261 g/mol. The second-order valence-corrected chi connectivity index (χ2v) is 7.47. The molecule has 0 aliphatic rings. The third-order valence-electron chi connectivity index (χ3n) is 3.24. The van der Waals surface area contributed by atoms with Gasteiger partial charge < -0.3 is 0 Å². The van der Waals surface area contributed by atoms with E-state index in [1.807, 2.05) is 0 Å². The first kappa shape index (κ1) is 14.9. The van der Waals surface area contributed by atoms with Crippen LogP contribution in [-0.4, -0.2) is 0 Å². The molecular formula is C16H15LiP2. The van der Waals surface area contributed by atoms with Gasteiger partial charge in [-0.2, -0.15) is 5.03 Å². The van der Waals surface area contributed by atoms with Gasteiger partial charge in [-0.25, -0.2) is 0 Å². The van der Waals surface area contributed by atoms with Crippen LogP contribution < -0.4 is 18.9 Å². The fraction of sp³-hybridized carbons (Fsp3) is 0.188. The molecule has 0 nitrogen and oxygen atoms in total. The van der Waals surface area contributed by atoms with Crippen molar-refractivity contribution >= 4 is 26.6 Å². The maximum Gasteiger partial charge on any atom is 1.00 e. The van der Waals surface area contributed by atoms with E-state index in [1.54, 1.807) is 0 Å². The normalized spacial score (nSPS) is 11.3. The van der Waals surface area contributed by atoms with E-state index in [0.29, 0.717) is 0 Å². The van der Waals surface area contributed by atoms with Gasteiger partial charge in [0, 0.05) is 0 Å². The van der Waals surface area contributed by atoms with Crippen LogP contribution in [0.2, 0.25) is 0 Å². The van der Waals surface area contributed by atoms with Crippen molar-refractivity contribution in [1.29, 1.82) is 0 Å². The first-order valence-corrected chi connectivity index (χ1v) is 7.92. The van der Waals surface area contributed by atoms with Crippen molar-refractivity contribution in [2.24, 2.45) is 0 Å². The van der Waals surface area contributed by atoms with Crippen LogP contribution in [0.3, 0.4) is 0 Å². The Labute approximate surface area is 130 Å². The molecule has 3 aromatic rings. The van der Waals surface area contributed by atoms with Crippen molar-refractivity contribution in [2.45, 2.75) is 20.8 Å². The first-order valence-electron chi connectivity index (χ1n) is 6.13. The summed E-state index contributed by atoms with van der Waals surface area (Å²) in [5.74, 6) is 0. The summed E-state index contributed by atoms with van der Waals surface area (Å²) in [6.07, 6.45) is 0. The van der Waals surface area contributed by atoms with Crippen molar-refractivity contribution in [3.05, 3.63) is 53.1 Å². The van der Waals surface area contributed by atoms with E-state index in [-0.39, 0.29) is 18.9 Å². The Hall–Kier alpha value is -0.493. The van der Waals surface area contributed by atoms with Gasteiger partial charge in [-0.15, -0.1) is 10.2 Å². The number of hydrogen-bond donors (Lipinski definition) is 0. The number of fused-ring (bicyclic) bond motifs is 1. The third kappa shape index (κ3) is 2.84. The van der Waals surface area contributed by atoms with E-state index in [2.05, 4.69) is 57.2 Å². The van der Waals surface area contributed by atoms with Crippen LogP contribution in [0.5, 0.6) is 0 Å². The molecule has 0 bridgehead atoms. The predicted molar refractivity (Wildman–Crippen MR) is 84.2 cm³/mol. The Kier molecular flexibility index (Phi) is 4.61. The Morgan fingerprint density at radius 1 is 0.947 bits per heavy atom. The molecule has 90 valence electrons. The quantitative estimate of drug-likeness (QED) is 0.598. The van der Waals surface area contributed by atoms with Crippen molar-refractivity contribution in [1.82, 2.24) is 0 Å². The van der Waals surface area contributed by atoms with Gasteiger partial charge in [-0.1, -0.05) is 42.0 Å². The Morgan fingerprint density at radius 3 is 2.21 bits per heavy atom. The minimum Gasteiger partial charge on any atom is -0.298 e. The van der Waals surface area contributed by atoms with Crippen LogP contribution in [0, 0.1) is 20.8 Å². The van der Waals surface area contributed by atoms with E-state index in [0.717, 1.165) is 0 Å². The van der Waals surface area contributed by atoms with Gasteiger partial charge in [-0.3, -0.25) is 16.4 Å². The zero-order valence-corrected chi connectivity index (χ0v) is 13.6. The van der Waals surface area contributed by atoms with E-state index in [4.69, 9.17) is 0 Å². The van der Waals surface area contributed by atoms with Crippen LogP contribution in [-0.2, 0) is 0 Å². The molecule has 0 N–H and O–H groups in total. The van der Waals surface area contributed by atoms with Crippen LogP contribution in [0.4, 0.5) is 0 Å². The Balaban J connectivity index is 0.00000133. The third-order valence-corrected chi connectivity index (χ3v) is 6.14. The Morgan fingerprint density at radius 2 is 1.58 bits per heavy atom. The molecule has 0 radical (unpaired) electrons. The van der Waals surface area contributed by atoms with Gasteiger partial charge in [0.25, 0.3) is 0 Å². The molecule has 19 heavy (non-hydrogen) atoms. The van der Waals surface area contributed by atoms with Gasteiger partial charge in [-0.05, 0) is 37.5 Å². The van der Waals surface area contributed by atoms with Crippen molar-refractivity contribution < 1.29 is 18.9 Å². The van der Waals surface area contributed by atoms with Gasteiger partial charge in [0.05, 0.1) is 0 Å². The average Bonchev–Trinajstić information content (AvgIpc) is 2.70. The molecule has 0 saturated heterocycles. The molecule has 0 saturated carbocycles. The van der Waals surface area contributed by atoms with Crippen molar-refractivity contribution in [3.63, 3.8) is 0 Å². The monoisotopic (exact) mass is 276 g/mol. The molecule has 0 unspecified atom stereocenters. The summed E-state index contributed by atoms with van der Waals surface area (Å²) in [6, 6.07) is 13.4. The molecule has 0 spiro atoms. The van der Waals surface area contributed by atoms with E-state index in [1.165, 1.54) is 53.9 Å². The maximum absolute atomic E-state index is 2.30. The molecule has 0 fully saturated rings. The summed E-state index contributed by atoms with van der Waals surface area (Å²) < 4.78 is 0. The molecule has 3 rings (SSSR count). The van der Waals surface area contributed by atoms with Crippen LogP contribution in [0.1, 0.15) is 16.7 Å². The Bertz CT molecular complexity index is 672. The number of hydrogen-bond acceptors (Lipinski definition) is 0. The number of rotatable bonds is 1. The van der Waals surface area contributed by atoms with Crippen LogP contribution in [0.15, 0.2) is 36.4 Å². The van der Waals surface area contributed by atoms with E-state index >= 15 is 0 Å². The summed E-state index contributed by atoms with van der Waals surface area (Å²) in [5.41, 5.74) is 5.66. The molecule has 1 heterocycles. The minimum absolute atomic E-state index is 0. The summed E-state index contributed by atoms with van der Waals surface area (Å²) in [5, 5.41) is 4.47. The number of benzene rings is 2. The summed E-state index contributed by atoms with van der Waals surface area (Å²) in [7, 11) is 2.77. The summed E-state index contributed by atoms with van der Waals surface area (Å²) in [4.78, 5) is 0. The second kappa shape index (κ2) is 5.87. The molecule has 0 aliphatic heterocycles. The standard InChI is InChI=1S/C16H15P2.Li/c1-10-8-11(2)15(12(3)9-10)16-17-13-6-4-5-7-14(13)18-16;/h4-9H,1-3H3;/q-1;+1. The zero-order valence-electron chi connectivity index (χ0n) is 11.9. The first-order chi connectivity index (χ1) is 8.65. The largest absolute Gasteiger partial charge is 1.00 e. The summed E-state index contributed by atoms with van der Waals surface area (Å²) >= 11 is 0. The van der Waals surface area contributed by atoms with Gasteiger partial charge in [0.1, 0.15) is 0 Å². The zero-order chi connectivity index (χ0) is 12.7. The molecule has 0 amide bonds. The van der Waals surface area contributed by atoms with Gasteiger partial charge >= 0.3 is 18.9 Å². The molecule has 0 atom stereocenters. The average molecular weight is 276 g/mol. The maximum atomic E-state index is 2.30. The van der Waals surface area contributed by atoms with E-state index in [9.17, 15) is 0 Å². The minimum atomic E-state index is 0. The van der Waals surface area contributed by atoms with Gasteiger partial charge in [0.2, 0.25) is 0 Å². The number of aryl methyl sites for hydroxylation is 3. The SMILES string of the molecule is Cc1cc(C)c(-c2pc3ccccc3[p-]2)c(C)c1.[Li+]. The molecule has 2 aromatic carbocycles. The smallest absolute Gasteiger partial charge is 0.298 e. The molecule has 3 heteroatoms. The molecule has 0 aliphatic carbocycles. The summed E-state index contributed by atoms with van der Waals surface area (Å²) in [6.45, 7) is 6.64. The van der Waals surface area contributed by atoms with Crippen molar-refractivity contribution in [3.8, 4) is 10.6 Å². The topological polar surface area (TPSA) is 0 Å². The molecule has 1 aromatic heterocycles. The van der Waals surface area contributed by atoms with E-state index < -0.39 is 0 Å². The van der Waals surface area contributed by atoms with Crippen LogP contribution >= 0.6 is 16.4 Å². The fourth-order valence-corrected chi connectivity index (χ4v) is 5.78. The second-order valence-electron chi connectivity index (χ2n) is 4.81.